The number of amides is 1. The fraction of sp³-hybridized carbons (Fsp3) is 0.316. The number of carbonyl (C=O) groups excluding carboxylic acids is 1. The maximum Gasteiger partial charge on any atom is 0.250 e. The third kappa shape index (κ3) is 2.64. The van der Waals surface area contributed by atoms with Gasteiger partial charge in [0.2, 0.25) is 5.91 Å². The van der Waals surface area contributed by atoms with Gasteiger partial charge in [-0.1, -0.05) is 18.2 Å². The molecule has 0 radical (unpaired) electrons. The van der Waals surface area contributed by atoms with Crippen molar-refractivity contribution >= 4 is 40.0 Å². The molecule has 1 fully saturated rings. The Morgan fingerprint density at radius 2 is 1.81 bits per heavy atom. The average molecular weight is 365 g/mol. The molecule has 6 nitrogen and oxygen atoms in total. The van der Waals surface area contributed by atoms with Crippen LogP contribution < -0.4 is 10.6 Å². The first-order valence-corrected chi connectivity index (χ1v) is 9.57. The Labute approximate surface area is 155 Å². The Hall–Kier alpha value is -2.51. The summed E-state index contributed by atoms with van der Waals surface area (Å²) < 4.78 is 8.58. The van der Waals surface area contributed by atoms with Gasteiger partial charge in [-0.3, -0.25) is 9.69 Å². The van der Waals surface area contributed by atoms with Crippen LogP contribution in [-0.4, -0.2) is 38.2 Å². The number of hydrogen-bond acceptors (Lipinski definition) is 6. The molecule has 3 heterocycles. The first kappa shape index (κ1) is 15.7. The minimum absolute atomic E-state index is 0.0887. The van der Waals surface area contributed by atoms with Gasteiger partial charge in [0, 0.05) is 19.6 Å². The zero-order valence-corrected chi connectivity index (χ0v) is 15.1. The number of likely N-dealkylation sites (tertiary alicyclic amines) is 1. The molecular formula is C19H19N5OS. The fourth-order valence-corrected chi connectivity index (χ4v) is 4.40. The molecule has 0 unspecified atom stereocenters. The molecule has 7 heteroatoms. The second kappa shape index (κ2) is 6.03. The first-order valence-electron chi connectivity index (χ1n) is 8.84. The van der Waals surface area contributed by atoms with Gasteiger partial charge in [0.25, 0.3) is 0 Å². The molecule has 5 rings (SSSR count). The Kier molecular flexibility index (Phi) is 3.65. The number of piperidine rings is 1. The highest BCUT2D eigenvalue weighted by Gasteiger charge is 2.44. The highest BCUT2D eigenvalue weighted by molar-refractivity contribution is 7.00. The minimum Gasteiger partial charge on any atom is -0.369 e. The highest BCUT2D eigenvalue weighted by Crippen LogP contribution is 2.36. The van der Waals surface area contributed by atoms with E-state index >= 15 is 0 Å². The van der Waals surface area contributed by atoms with Crippen LogP contribution in [0.3, 0.4) is 0 Å². The van der Waals surface area contributed by atoms with Crippen LogP contribution in [0.2, 0.25) is 0 Å². The van der Waals surface area contributed by atoms with Gasteiger partial charge in [-0.05, 0) is 42.7 Å². The number of nitrogens with zero attached hydrogens (tertiary/aromatic N) is 3. The van der Waals surface area contributed by atoms with Crippen molar-refractivity contribution in [3.8, 4) is 0 Å². The van der Waals surface area contributed by atoms with E-state index < -0.39 is 5.54 Å². The third-order valence-corrected chi connectivity index (χ3v) is 5.97. The number of nitrogens with one attached hydrogen (secondary N) is 2. The molecule has 0 aliphatic carbocycles. The Morgan fingerprint density at radius 1 is 1.04 bits per heavy atom. The van der Waals surface area contributed by atoms with Gasteiger partial charge in [0.05, 0.1) is 23.1 Å². The Morgan fingerprint density at radius 3 is 2.65 bits per heavy atom. The van der Waals surface area contributed by atoms with Crippen molar-refractivity contribution in [1.82, 2.24) is 13.6 Å². The van der Waals surface area contributed by atoms with Gasteiger partial charge >= 0.3 is 0 Å². The topological polar surface area (TPSA) is 70.2 Å². The van der Waals surface area contributed by atoms with Gasteiger partial charge in [-0.25, -0.2) is 0 Å². The molecule has 2 aliphatic heterocycles. The summed E-state index contributed by atoms with van der Waals surface area (Å²) in [5.74, 6) is 0.0887. The predicted octanol–water partition coefficient (Wildman–Crippen LogP) is 3.09. The van der Waals surface area contributed by atoms with E-state index in [1.165, 1.54) is 17.3 Å². The lowest BCUT2D eigenvalue weighted by Crippen LogP contribution is -2.58. The van der Waals surface area contributed by atoms with Crippen LogP contribution in [0.4, 0.5) is 11.4 Å². The summed E-state index contributed by atoms with van der Waals surface area (Å²) in [6, 6.07) is 14.2. The molecule has 0 bridgehead atoms. The molecule has 1 spiro atoms. The lowest BCUT2D eigenvalue weighted by Gasteiger charge is -2.44. The summed E-state index contributed by atoms with van der Waals surface area (Å²) in [6.45, 7) is 2.65. The molecule has 2 aromatic carbocycles. The normalized spacial score (nSPS) is 19.2. The molecule has 26 heavy (non-hydrogen) atoms. The fourth-order valence-electron chi connectivity index (χ4n) is 3.89. The van der Waals surface area contributed by atoms with E-state index in [1.807, 2.05) is 30.3 Å². The zero-order valence-electron chi connectivity index (χ0n) is 14.2. The molecular weight excluding hydrogens is 346 g/mol. The van der Waals surface area contributed by atoms with Crippen LogP contribution in [0, 0.1) is 0 Å². The number of hydrogen-bond donors (Lipinski definition) is 2. The van der Waals surface area contributed by atoms with Crippen LogP contribution >= 0.6 is 11.7 Å². The second-order valence-electron chi connectivity index (χ2n) is 7.07. The molecule has 2 N–H and O–H groups in total. The van der Waals surface area contributed by atoms with Crippen molar-refractivity contribution in [1.29, 1.82) is 0 Å². The van der Waals surface area contributed by atoms with Crippen molar-refractivity contribution in [3.63, 3.8) is 0 Å². The van der Waals surface area contributed by atoms with Gasteiger partial charge in [-0.15, -0.1) is 0 Å². The lowest BCUT2D eigenvalue weighted by molar-refractivity contribution is -0.122. The summed E-state index contributed by atoms with van der Waals surface area (Å²) in [5.41, 5.74) is 4.56. The van der Waals surface area contributed by atoms with Crippen molar-refractivity contribution in [2.45, 2.75) is 24.9 Å². The van der Waals surface area contributed by atoms with Crippen LogP contribution in [0.25, 0.3) is 11.0 Å². The number of para-hydroxylation sites is 2. The van der Waals surface area contributed by atoms with Crippen LogP contribution in [0.15, 0.2) is 42.5 Å². The highest BCUT2D eigenvalue weighted by atomic mass is 32.1. The van der Waals surface area contributed by atoms with E-state index in [-0.39, 0.29) is 5.91 Å². The molecule has 132 valence electrons. The second-order valence-corrected chi connectivity index (χ2v) is 7.60. The number of aromatic nitrogens is 2. The Bertz CT molecular complexity index is 977. The number of rotatable bonds is 2. The van der Waals surface area contributed by atoms with Crippen molar-refractivity contribution in [2.24, 2.45) is 0 Å². The van der Waals surface area contributed by atoms with Crippen LogP contribution in [-0.2, 0) is 11.3 Å². The molecule has 1 saturated heterocycles. The van der Waals surface area contributed by atoms with Crippen LogP contribution in [0.1, 0.15) is 18.4 Å². The smallest absolute Gasteiger partial charge is 0.250 e. The standard InChI is InChI=1S/C19H19N5OS/c25-18-19(21-15-4-2-1-3-14(15)20-18)7-9-24(10-8-19)12-13-5-6-16-17(11-13)23-26-22-16/h1-6,11,21H,7-10,12H2,(H,20,25). The monoisotopic (exact) mass is 365 g/mol. The maximum absolute atomic E-state index is 12.7. The quantitative estimate of drug-likeness (QED) is 0.730. The van der Waals surface area contributed by atoms with E-state index in [9.17, 15) is 4.79 Å². The van der Waals surface area contributed by atoms with Gasteiger partial charge in [-0.2, -0.15) is 8.75 Å². The predicted molar refractivity (Wildman–Crippen MR) is 103 cm³/mol. The molecule has 3 aromatic rings. The largest absolute Gasteiger partial charge is 0.369 e. The average Bonchev–Trinajstić information content (AvgIpc) is 3.12. The van der Waals surface area contributed by atoms with E-state index in [0.717, 1.165) is 54.9 Å². The summed E-state index contributed by atoms with van der Waals surface area (Å²) in [6.07, 6.45) is 1.60. The van der Waals surface area contributed by atoms with Gasteiger partial charge < -0.3 is 10.6 Å². The lowest BCUT2D eigenvalue weighted by atomic mass is 9.84. The summed E-state index contributed by atoms with van der Waals surface area (Å²) in [5, 5.41) is 6.58. The summed E-state index contributed by atoms with van der Waals surface area (Å²) in [4.78, 5) is 15.1. The molecule has 0 atom stereocenters. The number of fused-ring (bicyclic) bond motifs is 2. The van der Waals surface area contributed by atoms with E-state index in [0.29, 0.717) is 0 Å². The van der Waals surface area contributed by atoms with Gasteiger partial charge in [0.15, 0.2) is 0 Å². The molecule has 2 aliphatic rings. The summed E-state index contributed by atoms with van der Waals surface area (Å²) in [7, 11) is 0. The maximum atomic E-state index is 12.7. The minimum atomic E-state index is -0.492. The molecule has 1 aromatic heterocycles. The van der Waals surface area contributed by atoms with Crippen molar-refractivity contribution < 1.29 is 4.79 Å². The van der Waals surface area contributed by atoms with Crippen LogP contribution in [0.5, 0.6) is 0 Å². The van der Waals surface area contributed by atoms with E-state index in [2.05, 4.69) is 36.4 Å². The van der Waals surface area contributed by atoms with Gasteiger partial charge in [0.1, 0.15) is 16.6 Å². The van der Waals surface area contributed by atoms with E-state index in [1.54, 1.807) is 0 Å². The number of benzene rings is 2. The van der Waals surface area contributed by atoms with Crippen molar-refractivity contribution in [3.05, 3.63) is 48.0 Å². The zero-order chi connectivity index (χ0) is 17.6. The third-order valence-electron chi connectivity index (χ3n) is 5.42. The number of anilines is 2. The molecule has 0 saturated carbocycles. The first-order chi connectivity index (χ1) is 12.7. The Balaban J connectivity index is 1.29. The molecule has 1 amide bonds. The number of carbonyl (C=O) groups is 1. The van der Waals surface area contributed by atoms with Crippen molar-refractivity contribution in [2.75, 3.05) is 23.7 Å². The SMILES string of the molecule is O=C1Nc2ccccc2NC12CCN(Cc1ccc3nsnc3c1)CC2. The summed E-state index contributed by atoms with van der Waals surface area (Å²) >= 11 is 1.25. The van der Waals surface area contributed by atoms with E-state index in [4.69, 9.17) is 0 Å².